The fraction of sp³-hybridized carbons (Fsp3) is 0.200. The van der Waals surface area contributed by atoms with E-state index in [4.69, 9.17) is 14.8 Å². The van der Waals surface area contributed by atoms with Crippen LogP contribution in [0.5, 0.6) is 0 Å². The predicted molar refractivity (Wildman–Crippen MR) is 50.6 cm³/mol. The van der Waals surface area contributed by atoms with E-state index >= 15 is 0 Å². The quantitative estimate of drug-likeness (QED) is 0.704. The van der Waals surface area contributed by atoms with Gasteiger partial charge in [0, 0.05) is 0 Å². The molecule has 5 nitrogen and oxygen atoms in total. The Kier molecular flexibility index (Phi) is 2.37. The molecule has 0 fully saturated rings. The molecule has 2 atom stereocenters. The van der Waals surface area contributed by atoms with Crippen molar-refractivity contribution in [2.24, 2.45) is 0 Å². The van der Waals surface area contributed by atoms with E-state index in [1.54, 1.807) is 24.3 Å². The molecule has 1 heterocycles. The van der Waals surface area contributed by atoms with E-state index in [9.17, 15) is 5.11 Å². The normalized spacial score (nSPS) is 14.7. The van der Waals surface area contributed by atoms with Crippen LogP contribution < -0.4 is 0 Å². The van der Waals surface area contributed by atoms with E-state index in [2.05, 4.69) is 4.98 Å². The Labute approximate surface area is 85.2 Å². The highest BCUT2D eigenvalue weighted by molar-refractivity contribution is 5.72. The van der Waals surface area contributed by atoms with Crippen LogP contribution in [0.3, 0.4) is 0 Å². The first-order chi connectivity index (χ1) is 7.22. The van der Waals surface area contributed by atoms with Crippen LogP contribution >= 0.6 is 0 Å². The number of hydrogen-bond donors (Lipinski definition) is 2. The van der Waals surface area contributed by atoms with Gasteiger partial charge in [0.25, 0.3) is 0 Å². The summed E-state index contributed by atoms with van der Waals surface area (Å²) in [5.74, 6) is 0. The second-order valence-electron chi connectivity index (χ2n) is 3.10. The average Bonchev–Trinajstić information content (AvgIpc) is 2.73. The zero-order valence-electron chi connectivity index (χ0n) is 7.66. The van der Waals surface area contributed by atoms with Gasteiger partial charge in [-0.2, -0.15) is 5.26 Å². The molecule has 0 bridgehead atoms. The van der Waals surface area contributed by atoms with Crippen molar-refractivity contribution < 1.29 is 14.6 Å². The Morgan fingerprint density at radius 2 is 2.20 bits per heavy atom. The Morgan fingerprint density at radius 3 is 2.93 bits per heavy atom. The zero-order valence-corrected chi connectivity index (χ0v) is 7.66. The highest BCUT2D eigenvalue weighted by Crippen LogP contribution is 2.21. The number of aliphatic hydroxyl groups excluding tert-OH is 2. The van der Waals surface area contributed by atoms with Gasteiger partial charge in [0.15, 0.2) is 18.1 Å². The largest absolute Gasteiger partial charge is 0.443 e. The Bertz CT molecular complexity index is 515. The van der Waals surface area contributed by atoms with Crippen molar-refractivity contribution in [3.8, 4) is 6.07 Å². The van der Waals surface area contributed by atoms with Crippen molar-refractivity contribution in [3.63, 3.8) is 0 Å². The summed E-state index contributed by atoms with van der Waals surface area (Å²) in [5.41, 5.74) is 1.61. The summed E-state index contributed by atoms with van der Waals surface area (Å²) in [6.07, 6.45) is -1.37. The van der Waals surface area contributed by atoms with Crippen LogP contribution in [-0.4, -0.2) is 21.3 Å². The van der Waals surface area contributed by atoms with Crippen molar-refractivity contribution in [1.82, 2.24) is 4.98 Å². The third-order valence-electron chi connectivity index (χ3n) is 2.13. The second kappa shape index (κ2) is 3.69. The topological polar surface area (TPSA) is 90.3 Å². The molecule has 2 unspecified atom stereocenters. The number of nitrogens with zero attached hydrogens (tertiary/aromatic N) is 2. The predicted octanol–water partition coefficient (Wildman–Crippen LogP) is 0.746. The van der Waals surface area contributed by atoms with Gasteiger partial charge in [-0.25, -0.2) is 4.98 Å². The lowest BCUT2D eigenvalue weighted by Gasteiger charge is -2.11. The highest BCUT2D eigenvalue weighted by Gasteiger charge is 2.18. The molecule has 0 saturated carbocycles. The van der Waals surface area contributed by atoms with Crippen LogP contribution in [-0.2, 0) is 0 Å². The average molecular weight is 204 g/mol. The van der Waals surface area contributed by atoms with E-state index in [0.29, 0.717) is 16.7 Å². The van der Waals surface area contributed by atoms with E-state index < -0.39 is 12.2 Å². The van der Waals surface area contributed by atoms with Crippen molar-refractivity contribution in [2.75, 3.05) is 0 Å². The molecule has 0 aliphatic rings. The van der Waals surface area contributed by atoms with Gasteiger partial charge in [-0.1, -0.05) is 6.07 Å². The SMILES string of the molecule is N#CC(O)C(O)c1ccc2ocnc2c1. The van der Waals surface area contributed by atoms with Gasteiger partial charge in [0.05, 0.1) is 6.07 Å². The molecule has 0 saturated heterocycles. The van der Waals surface area contributed by atoms with Crippen LogP contribution in [0.15, 0.2) is 29.0 Å². The summed E-state index contributed by atoms with van der Waals surface area (Å²) in [5, 5.41) is 27.1. The lowest BCUT2D eigenvalue weighted by Crippen LogP contribution is -2.15. The smallest absolute Gasteiger partial charge is 0.181 e. The standard InChI is InChI=1S/C10H8N2O3/c11-4-8(13)10(14)6-1-2-9-7(3-6)12-5-15-9/h1-3,5,8,10,13-14H. The fourth-order valence-electron chi connectivity index (χ4n) is 1.31. The number of hydrogen-bond acceptors (Lipinski definition) is 5. The minimum absolute atomic E-state index is 0.436. The first kappa shape index (κ1) is 9.65. The summed E-state index contributed by atoms with van der Waals surface area (Å²) in [6, 6.07) is 6.35. The summed E-state index contributed by atoms with van der Waals surface area (Å²) in [4.78, 5) is 3.90. The third-order valence-corrected chi connectivity index (χ3v) is 2.13. The number of aromatic nitrogens is 1. The van der Waals surface area contributed by atoms with E-state index in [-0.39, 0.29) is 0 Å². The fourth-order valence-corrected chi connectivity index (χ4v) is 1.31. The van der Waals surface area contributed by atoms with Crippen molar-refractivity contribution >= 4 is 11.1 Å². The number of aliphatic hydroxyl groups is 2. The molecule has 1 aromatic heterocycles. The van der Waals surface area contributed by atoms with Crippen LogP contribution in [0.4, 0.5) is 0 Å². The number of oxazole rings is 1. The second-order valence-corrected chi connectivity index (χ2v) is 3.10. The lowest BCUT2D eigenvalue weighted by atomic mass is 10.0. The molecule has 0 aliphatic heterocycles. The molecule has 5 heteroatoms. The molecule has 2 N–H and O–H groups in total. The van der Waals surface area contributed by atoms with Gasteiger partial charge in [-0.15, -0.1) is 0 Å². The Hall–Kier alpha value is -1.90. The number of fused-ring (bicyclic) bond motifs is 1. The molecule has 76 valence electrons. The van der Waals surface area contributed by atoms with Crippen LogP contribution in [0.2, 0.25) is 0 Å². The molecule has 0 spiro atoms. The van der Waals surface area contributed by atoms with Gasteiger partial charge in [-0.3, -0.25) is 0 Å². The van der Waals surface area contributed by atoms with Gasteiger partial charge in [-0.05, 0) is 17.7 Å². The molecular weight excluding hydrogens is 196 g/mol. The van der Waals surface area contributed by atoms with E-state index in [1.807, 2.05) is 0 Å². The van der Waals surface area contributed by atoms with E-state index in [0.717, 1.165) is 0 Å². The van der Waals surface area contributed by atoms with Crippen molar-refractivity contribution in [2.45, 2.75) is 12.2 Å². The number of benzene rings is 1. The summed E-state index contributed by atoms with van der Waals surface area (Å²) < 4.78 is 5.02. The van der Waals surface area contributed by atoms with Crippen molar-refractivity contribution in [3.05, 3.63) is 30.2 Å². The first-order valence-corrected chi connectivity index (χ1v) is 4.31. The molecule has 2 rings (SSSR count). The van der Waals surface area contributed by atoms with Crippen LogP contribution in [0.1, 0.15) is 11.7 Å². The van der Waals surface area contributed by atoms with E-state index in [1.165, 1.54) is 6.39 Å². The highest BCUT2D eigenvalue weighted by atomic mass is 16.3. The molecule has 1 aromatic carbocycles. The monoisotopic (exact) mass is 204 g/mol. The molecule has 2 aromatic rings. The summed E-state index contributed by atoms with van der Waals surface area (Å²) in [6.45, 7) is 0. The Morgan fingerprint density at radius 1 is 1.40 bits per heavy atom. The zero-order chi connectivity index (χ0) is 10.8. The first-order valence-electron chi connectivity index (χ1n) is 4.31. The maximum Gasteiger partial charge on any atom is 0.181 e. The molecule has 15 heavy (non-hydrogen) atoms. The number of nitriles is 1. The van der Waals surface area contributed by atoms with Crippen molar-refractivity contribution in [1.29, 1.82) is 5.26 Å². The van der Waals surface area contributed by atoms with Gasteiger partial charge in [0.1, 0.15) is 11.6 Å². The maximum atomic E-state index is 9.56. The summed E-state index contributed by atoms with van der Waals surface area (Å²) in [7, 11) is 0. The molecule has 0 amide bonds. The maximum absolute atomic E-state index is 9.56. The van der Waals surface area contributed by atoms with Crippen LogP contribution in [0, 0.1) is 11.3 Å². The minimum Gasteiger partial charge on any atom is -0.443 e. The van der Waals surface area contributed by atoms with Gasteiger partial charge in [0.2, 0.25) is 0 Å². The Balaban J connectivity index is 2.40. The van der Waals surface area contributed by atoms with Gasteiger partial charge < -0.3 is 14.6 Å². The summed E-state index contributed by atoms with van der Waals surface area (Å²) >= 11 is 0. The van der Waals surface area contributed by atoms with Crippen LogP contribution in [0.25, 0.3) is 11.1 Å². The molecular formula is C10H8N2O3. The van der Waals surface area contributed by atoms with Gasteiger partial charge >= 0.3 is 0 Å². The molecule has 0 aliphatic carbocycles. The lowest BCUT2D eigenvalue weighted by molar-refractivity contribution is 0.0529. The third kappa shape index (κ3) is 1.68. The molecule has 0 radical (unpaired) electrons. The minimum atomic E-state index is -1.44. The number of rotatable bonds is 2.